The molecule has 2 fully saturated rings. The van der Waals surface area contributed by atoms with Gasteiger partial charge in [-0.25, -0.2) is 4.39 Å². The van der Waals surface area contributed by atoms with E-state index in [0.29, 0.717) is 49.6 Å². The number of piperazine rings is 1. The van der Waals surface area contributed by atoms with Crippen molar-refractivity contribution in [3.63, 3.8) is 0 Å². The quantitative estimate of drug-likeness (QED) is 0.673. The molecule has 1 aliphatic heterocycles. The molecule has 176 valence electrons. The van der Waals surface area contributed by atoms with Gasteiger partial charge in [-0.05, 0) is 49.4 Å². The predicted molar refractivity (Wildman–Crippen MR) is 128 cm³/mol. The first-order chi connectivity index (χ1) is 16.0. The Morgan fingerprint density at radius 3 is 2.39 bits per heavy atom. The van der Waals surface area contributed by atoms with Crippen molar-refractivity contribution in [1.82, 2.24) is 9.80 Å². The van der Waals surface area contributed by atoms with Crippen LogP contribution in [0.1, 0.15) is 48.8 Å². The summed E-state index contributed by atoms with van der Waals surface area (Å²) in [5.41, 5.74) is 3.17. The average Bonchev–Trinajstić information content (AvgIpc) is 3.38. The Hall–Kier alpha value is -2.73. The van der Waals surface area contributed by atoms with Gasteiger partial charge in [-0.3, -0.25) is 14.5 Å². The first-order valence-electron chi connectivity index (χ1n) is 12.1. The number of benzene rings is 2. The molecule has 6 heteroatoms. The summed E-state index contributed by atoms with van der Waals surface area (Å²) in [4.78, 5) is 29.3. The molecule has 2 aliphatic rings. The third-order valence-corrected chi connectivity index (χ3v) is 7.07. The number of carbonyl (C=O) groups excluding carboxylic acids is 2. The van der Waals surface area contributed by atoms with Crippen molar-refractivity contribution in [2.75, 3.05) is 31.5 Å². The minimum atomic E-state index is -0.251. The van der Waals surface area contributed by atoms with Crippen molar-refractivity contribution < 1.29 is 14.0 Å². The molecule has 2 aromatic carbocycles. The first-order valence-corrected chi connectivity index (χ1v) is 12.1. The topological polar surface area (TPSA) is 52.7 Å². The molecule has 1 aliphatic carbocycles. The standard InChI is InChI=1S/C27H34FN3O2/c1-20-23(19-30-15-17-31(18-16-30)27(33)22-9-5-6-10-22)24(28)12-13-25(20)29-26(32)14-11-21-7-3-2-4-8-21/h2-4,7-8,12-13,22H,5-6,9-11,14-19H2,1H3,(H,29,32). The number of halogens is 1. The van der Waals surface area contributed by atoms with Crippen LogP contribution in [0, 0.1) is 18.7 Å². The summed E-state index contributed by atoms with van der Waals surface area (Å²) in [6, 6.07) is 13.0. The van der Waals surface area contributed by atoms with E-state index >= 15 is 0 Å². The maximum Gasteiger partial charge on any atom is 0.225 e. The minimum absolute atomic E-state index is 0.0708. The van der Waals surface area contributed by atoms with E-state index in [2.05, 4.69) is 10.2 Å². The second-order valence-corrected chi connectivity index (χ2v) is 9.32. The van der Waals surface area contributed by atoms with Crippen LogP contribution in [0.4, 0.5) is 10.1 Å². The highest BCUT2D eigenvalue weighted by molar-refractivity contribution is 5.91. The third-order valence-electron chi connectivity index (χ3n) is 7.07. The van der Waals surface area contributed by atoms with Gasteiger partial charge in [-0.1, -0.05) is 43.2 Å². The Balaban J connectivity index is 1.32. The number of nitrogens with one attached hydrogen (secondary N) is 1. The largest absolute Gasteiger partial charge is 0.340 e. The van der Waals surface area contributed by atoms with E-state index in [-0.39, 0.29) is 17.6 Å². The van der Waals surface area contributed by atoms with Crippen molar-refractivity contribution in [2.24, 2.45) is 5.92 Å². The number of hydrogen-bond acceptors (Lipinski definition) is 3. The Kier molecular flexibility index (Phi) is 7.76. The average molecular weight is 452 g/mol. The number of hydrogen-bond donors (Lipinski definition) is 1. The molecule has 0 spiro atoms. The van der Waals surface area contributed by atoms with E-state index in [1.165, 1.54) is 6.07 Å². The van der Waals surface area contributed by atoms with E-state index < -0.39 is 0 Å². The highest BCUT2D eigenvalue weighted by atomic mass is 19.1. The van der Waals surface area contributed by atoms with Crippen LogP contribution in [-0.4, -0.2) is 47.8 Å². The van der Waals surface area contributed by atoms with Crippen LogP contribution in [-0.2, 0) is 22.6 Å². The van der Waals surface area contributed by atoms with E-state index in [4.69, 9.17) is 0 Å². The SMILES string of the molecule is Cc1c(NC(=O)CCc2ccccc2)ccc(F)c1CN1CCN(C(=O)C2CCCC2)CC1. The maximum atomic E-state index is 14.7. The lowest BCUT2D eigenvalue weighted by molar-refractivity contribution is -0.137. The highest BCUT2D eigenvalue weighted by Gasteiger charge is 2.29. The van der Waals surface area contributed by atoms with E-state index in [0.717, 1.165) is 49.9 Å². The van der Waals surface area contributed by atoms with Crippen molar-refractivity contribution in [3.05, 3.63) is 65.0 Å². The zero-order valence-corrected chi connectivity index (χ0v) is 19.5. The monoisotopic (exact) mass is 451 g/mol. The maximum absolute atomic E-state index is 14.7. The molecule has 1 N–H and O–H groups in total. The fourth-order valence-electron chi connectivity index (χ4n) is 4.95. The molecule has 33 heavy (non-hydrogen) atoms. The van der Waals surface area contributed by atoms with Gasteiger partial charge in [0.25, 0.3) is 0 Å². The molecule has 0 bridgehead atoms. The second-order valence-electron chi connectivity index (χ2n) is 9.32. The molecular formula is C27H34FN3O2. The molecule has 5 nitrogen and oxygen atoms in total. The predicted octanol–water partition coefficient (Wildman–Crippen LogP) is 4.54. The van der Waals surface area contributed by atoms with Gasteiger partial charge in [-0.15, -0.1) is 0 Å². The molecule has 0 atom stereocenters. The minimum Gasteiger partial charge on any atom is -0.340 e. The zero-order chi connectivity index (χ0) is 23.2. The molecule has 2 aromatic rings. The van der Waals surface area contributed by atoms with Crippen LogP contribution in [0.25, 0.3) is 0 Å². The molecular weight excluding hydrogens is 417 g/mol. The van der Waals surface area contributed by atoms with Gasteiger partial charge in [0.15, 0.2) is 0 Å². The van der Waals surface area contributed by atoms with Crippen LogP contribution in [0.5, 0.6) is 0 Å². The van der Waals surface area contributed by atoms with Gasteiger partial charge < -0.3 is 10.2 Å². The van der Waals surface area contributed by atoms with Gasteiger partial charge in [0.2, 0.25) is 11.8 Å². The number of carbonyl (C=O) groups is 2. The van der Waals surface area contributed by atoms with Gasteiger partial charge in [0, 0.05) is 56.3 Å². The number of anilines is 1. The molecule has 0 aromatic heterocycles. The Morgan fingerprint density at radius 1 is 1.00 bits per heavy atom. The summed E-state index contributed by atoms with van der Waals surface area (Å²) in [7, 11) is 0. The molecule has 1 heterocycles. The number of aryl methyl sites for hydroxylation is 1. The van der Waals surface area contributed by atoms with Crippen molar-refractivity contribution in [1.29, 1.82) is 0 Å². The van der Waals surface area contributed by atoms with Crippen LogP contribution in [0.15, 0.2) is 42.5 Å². The van der Waals surface area contributed by atoms with E-state index in [1.54, 1.807) is 6.07 Å². The highest BCUT2D eigenvalue weighted by Crippen LogP contribution is 2.28. The third kappa shape index (κ3) is 5.99. The zero-order valence-electron chi connectivity index (χ0n) is 19.5. The van der Waals surface area contributed by atoms with Crippen LogP contribution in [0.2, 0.25) is 0 Å². The summed E-state index contributed by atoms with van der Waals surface area (Å²) in [5, 5.41) is 2.96. The van der Waals surface area contributed by atoms with Crippen molar-refractivity contribution >= 4 is 17.5 Å². The Morgan fingerprint density at radius 2 is 1.70 bits per heavy atom. The van der Waals surface area contributed by atoms with Gasteiger partial charge in [0.1, 0.15) is 5.82 Å². The second kappa shape index (κ2) is 10.9. The van der Waals surface area contributed by atoms with Crippen LogP contribution < -0.4 is 5.32 Å². The summed E-state index contributed by atoms with van der Waals surface area (Å²) in [5.74, 6) is 0.186. The first kappa shape index (κ1) is 23.4. The Labute approximate surface area is 196 Å². The van der Waals surface area contributed by atoms with E-state index in [9.17, 15) is 14.0 Å². The number of amides is 2. The fraction of sp³-hybridized carbons (Fsp3) is 0.481. The lowest BCUT2D eigenvalue weighted by Crippen LogP contribution is -2.49. The lowest BCUT2D eigenvalue weighted by Gasteiger charge is -2.36. The smallest absolute Gasteiger partial charge is 0.225 e. The van der Waals surface area contributed by atoms with Crippen molar-refractivity contribution in [2.45, 2.75) is 52.0 Å². The Bertz CT molecular complexity index is 965. The van der Waals surface area contributed by atoms with Gasteiger partial charge in [-0.2, -0.15) is 0 Å². The molecule has 4 rings (SSSR count). The number of rotatable bonds is 7. The molecule has 2 amide bonds. The number of nitrogens with zero attached hydrogens (tertiary/aromatic N) is 2. The molecule has 0 radical (unpaired) electrons. The van der Waals surface area contributed by atoms with Gasteiger partial charge in [0.05, 0.1) is 0 Å². The molecule has 0 unspecified atom stereocenters. The molecule has 1 saturated heterocycles. The fourth-order valence-corrected chi connectivity index (χ4v) is 4.95. The summed E-state index contributed by atoms with van der Waals surface area (Å²) >= 11 is 0. The van der Waals surface area contributed by atoms with Crippen molar-refractivity contribution in [3.8, 4) is 0 Å². The molecule has 1 saturated carbocycles. The normalized spacial score (nSPS) is 17.3. The van der Waals surface area contributed by atoms with Crippen LogP contribution >= 0.6 is 0 Å². The summed E-state index contributed by atoms with van der Waals surface area (Å²) < 4.78 is 14.7. The van der Waals surface area contributed by atoms with E-state index in [1.807, 2.05) is 42.2 Å². The van der Waals surface area contributed by atoms with Gasteiger partial charge >= 0.3 is 0 Å². The summed E-state index contributed by atoms with van der Waals surface area (Å²) in [6.07, 6.45) is 5.42. The lowest BCUT2D eigenvalue weighted by atomic mass is 10.0. The summed E-state index contributed by atoms with van der Waals surface area (Å²) in [6.45, 7) is 5.23. The van der Waals surface area contributed by atoms with Crippen LogP contribution in [0.3, 0.4) is 0 Å².